The summed E-state index contributed by atoms with van der Waals surface area (Å²) in [5.41, 5.74) is 0. The van der Waals surface area contributed by atoms with Gasteiger partial charge in [0.05, 0.1) is 0 Å². The van der Waals surface area contributed by atoms with Crippen LogP contribution in [0.5, 0.6) is 0 Å². The Kier molecular flexibility index (Phi) is 5.92. The predicted octanol–water partition coefficient (Wildman–Crippen LogP) is 2.42. The highest BCUT2D eigenvalue weighted by Gasteiger charge is 2.21. The zero-order valence-electron chi connectivity index (χ0n) is 11.9. The van der Waals surface area contributed by atoms with Gasteiger partial charge in [-0.15, -0.1) is 11.3 Å². The maximum atomic E-state index is 12.2. The first-order valence-electron chi connectivity index (χ1n) is 6.91. The van der Waals surface area contributed by atoms with Gasteiger partial charge in [0.1, 0.15) is 4.21 Å². The van der Waals surface area contributed by atoms with E-state index >= 15 is 0 Å². The van der Waals surface area contributed by atoms with Crippen LogP contribution in [0.4, 0.5) is 0 Å². The Morgan fingerprint density at radius 1 is 1.40 bits per heavy atom. The van der Waals surface area contributed by atoms with Gasteiger partial charge in [-0.25, -0.2) is 13.1 Å². The van der Waals surface area contributed by atoms with Gasteiger partial charge in [0.25, 0.3) is 0 Å². The molecule has 114 valence electrons. The maximum Gasteiger partial charge on any atom is 0.250 e. The second-order valence-corrected chi connectivity index (χ2v) is 9.81. The SMILES string of the molecule is CC(C)NCc1ccc(S(=O)(=O)NCC2CCCS2)s1. The number of thioether (sulfide) groups is 1. The third-order valence-electron chi connectivity index (χ3n) is 3.11. The van der Waals surface area contributed by atoms with E-state index in [0.29, 0.717) is 22.0 Å². The molecule has 0 spiro atoms. The van der Waals surface area contributed by atoms with E-state index in [4.69, 9.17) is 0 Å². The molecule has 0 radical (unpaired) electrons. The number of sulfonamides is 1. The van der Waals surface area contributed by atoms with E-state index in [0.717, 1.165) is 23.6 Å². The minimum Gasteiger partial charge on any atom is -0.310 e. The molecule has 7 heteroatoms. The lowest BCUT2D eigenvalue weighted by Crippen LogP contribution is -2.29. The molecule has 0 aromatic carbocycles. The highest BCUT2D eigenvalue weighted by molar-refractivity contribution is 8.00. The van der Waals surface area contributed by atoms with Crippen molar-refractivity contribution < 1.29 is 8.42 Å². The van der Waals surface area contributed by atoms with Gasteiger partial charge < -0.3 is 5.32 Å². The van der Waals surface area contributed by atoms with E-state index in [2.05, 4.69) is 23.9 Å². The lowest BCUT2D eigenvalue weighted by molar-refractivity contribution is 0.581. The van der Waals surface area contributed by atoms with Crippen LogP contribution in [0.25, 0.3) is 0 Å². The molecular formula is C13H22N2O2S3. The molecule has 0 bridgehead atoms. The van der Waals surface area contributed by atoms with Crippen LogP contribution in [0.15, 0.2) is 16.3 Å². The quantitative estimate of drug-likeness (QED) is 0.804. The second-order valence-electron chi connectivity index (χ2n) is 5.24. The number of rotatable bonds is 7. The van der Waals surface area contributed by atoms with E-state index in [1.807, 2.05) is 17.8 Å². The average molecular weight is 335 g/mol. The van der Waals surface area contributed by atoms with Gasteiger partial charge >= 0.3 is 0 Å². The lowest BCUT2D eigenvalue weighted by Gasteiger charge is -2.09. The first-order valence-corrected chi connectivity index (χ1v) is 10.3. The van der Waals surface area contributed by atoms with E-state index in [1.54, 1.807) is 6.07 Å². The summed E-state index contributed by atoms with van der Waals surface area (Å²) in [5.74, 6) is 1.15. The molecule has 2 heterocycles. The van der Waals surface area contributed by atoms with Crippen LogP contribution in [-0.2, 0) is 16.6 Å². The van der Waals surface area contributed by atoms with Crippen molar-refractivity contribution in [3.05, 3.63) is 17.0 Å². The zero-order valence-corrected chi connectivity index (χ0v) is 14.3. The molecule has 1 unspecified atom stereocenters. The summed E-state index contributed by atoms with van der Waals surface area (Å²) in [7, 11) is -3.34. The van der Waals surface area contributed by atoms with Gasteiger partial charge in [0.2, 0.25) is 10.0 Å². The summed E-state index contributed by atoms with van der Waals surface area (Å²) in [6.07, 6.45) is 2.31. The molecule has 1 atom stereocenters. The molecule has 0 saturated carbocycles. The van der Waals surface area contributed by atoms with E-state index in [-0.39, 0.29) is 0 Å². The number of hydrogen-bond acceptors (Lipinski definition) is 5. The molecule has 1 aliphatic heterocycles. The number of hydrogen-bond donors (Lipinski definition) is 2. The monoisotopic (exact) mass is 334 g/mol. The second kappa shape index (κ2) is 7.26. The van der Waals surface area contributed by atoms with Gasteiger partial charge in [0.15, 0.2) is 0 Å². The Bertz CT molecular complexity index is 519. The van der Waals surface area contributed by atoms with Gasteiger partial charge in [-0.1, -0.05) is 13.8 Å². The summed E-state index contributed by atoms with van der Waals surface area (Å²) in [4.78, 5) is 1.05. The van der Waals surface area contributed by atoms with Crippen molar-refractivity contribution in [2.75, 3.05) is 12.3 Å². The van der Waals surface area contributed by atoms with E-state index in [9.17, 15) is 8.42 Å². The predicted molar refractivity (Wildman–Crippen MR) is 87.0 cm³/mol. The summed E-state index contributed by atoms with van der Waals surface area (Å²) in [5, 5.41) is 3.73. The third kappa shape index (κ3) is 4.73. The molecular weight excluding hydrogens is 312 g/mol. The summed E-state index contributed by atoms with van der Waals surface area (Å²) >= 11 is 3.21. The Balaban J connectivity index is 1.91. The highest BCUT2D eigenvalue weighted by Crippen LogP contribution is 2.26. The van der Waals surface area contributed by atoms with Crippen molar-refractivity contribution in [2.45, 2.75) is 48.7 Å². The van der Waals surface area contributed by atoms with Crippen molar-refractivity contribution in [1.29, 1.82) is 0 Å². The van der Waals surface area contributed by atoms with Crippen LogP contribution in [0.3, 0.4) is 0 Å². The molecule has 1 fully saturated rings. The fourth-order valence-corrected chi connectivity index (χ4v) is 5.72. The summed E-state index contributed by atoms with van der Waals surface area (Å²) in [6, 6.07) is 3.99. The summed E-state index contributed by atoms with van der Waals surface area (Å²) in [6.45, 7) is 5.42. The Morgan fingerprint density at radius 2 is 2.20 bits per heavy atom. The molecule has 0 amide bonds. The lowest BCUT2D eigenvalue weighted by atomic mass is 10.2. The molecule has 20 heavy (non-hydrogen) atoms. The molecule has 2 rings (SSSR count). The third-order valence-corrected chi connectivity index (χ3v) is 7.51. The van der Waals surface area contributed by atoms with Crippen LogP contribution in [0.2, 0.25) is 0 Å². The van der Waals surface area contributed by atoms with Crippen LogP contribution in [0, 0.1) is 0 Å². The Hall–Kier alpha value is -0.0800. The average Bonchev–Trinajstić information content (AvgIpc) is 3.05. The fourth-order valence-electron chi connectivity index (χ4n) is 1.98. The summed E-state index contributed by atoms with van der Waals surface area (Å²) < 4.78 is 27.6. The van der Waals surface area contributed by atoms with E-state index in [1.165, 1.54) is 17.8 Å². The molecule has 4 nitrogen and oxygen atoms in total. The van der Waals surface area contributed by atoms with Crippen LogP contribution in [0.1, 0.15) is 31.6 Å². The van der Waals surface area contributed by atoms with Gasteiger partial charge in [-0.05, 0) is 30.7 Å². The molecule has 1 aromatic rings. The molecule has 1 aliphatic rings. The minimum absolute atomic E-state index is 0.398. The minimum atomic E-state index is -3.34. The maximum absolute atomic E-state index is 12.2. The Labute approximate surface area is 129 Å². The number of thiophene rings is 1. The fraction of sp³-hybridized carbons (Fsp3) is 0.692. The van der Waals surface area contributed by atoms with Crippen molar-refractivity contribution in [2.24, 2.45) is 0 Å². The molecule has 1 saturated heterocycles. The zero-order chi connectivity index (χ0) is 14.6. The standard InChI is InChI=1S/C13H22N2O2S3/c1-10(2)14-8-12-5-6-13(19-12)20(16,17)15-9-11-4-3-7-18-11/h5-6,10-11,14-15H,3-4,7-9H2,1-2H3. The van der Waals surface area contributed by atoms with Crippen LogP contribution >= 0.6 is 23.1 Å². The number of nitrogens with one attached hydrogen (secondary N) is 2. The van der Waals surface area contributed by atoms with Crippen molar-refractivity contribution in [3.8, 4) is 0 Å². The van der Waals surface area contributed by atoms with Gasteiger partial charge in [-0.3, -0.25) is 0 Å². The molecule has 1 aromatic heterocycles. The van der Waals surface area contributed by atoms with Gasteiger partial charge in [-0.2, -0.15) is 11.8 Å². The molecule has 2 N–H and O–H groups in total. The van der Waals surface area contributed by atoms with Crippen molar-refractivity contribution in [3.63, 3.8) is 0 Å². The topological polar surface area (TPSA) is 58.2 Å². The Morgan fingerprint density at radius 3 is 2.85 bits per heavy atom. The van der Waals surface area contributed by atoms with Crippen molar-refractivity contribution >= 4 is 33.1 Å². The molecule has 0 aliphatic carbocycles. The smallest absolute Gasteiger partial charge is 0.250 e. The normalized spacial score (nSPS) is 19.9. The largest absolute Gasteiger partial charge is 0.310 e. The first kappa shape index (κ1) is 16.3. The van der Waals surface area contributed by atoms with Crippen LogP contribution < -0.4 is 10.0 Å². The highest BCUT2D eigenvalue weighted by atomic mass is 32.2. The van der Waals surface area contributed by atoms with Gasteiger partial charge in [0, 0.05) is 29.3 Å². The first-order chi connectivity index (χ1) is 9.47. The van der Waals surface area contributed by atoms with E-state index < -0.39 is 10.0 Å². The van der Waals surface area contributed by atoms with Crippen LogP contribution in [-0.4, -0.2) is 32.0 Å². The van der Waals surface area contributed by atoms with Crippen molar-refractivity contribution in [1.82, 2.24) is 10.0 Å².